The van der Waals surface area contributed by atoms with Crippen LogP contribution in [0.15, 0.2) is 12.7 Å². The Morgan fingerprint density at radius 1 is 1.05 bits per heavy atom. The Morgan fingerprint density at radius 3 is 1.86 bits per heavy atom. The molecular formula is C10H9F9O3. The lowest BCUT2D eigenvalue weighted by molar-refractivity contribution is -0.397. The highest BCUT2D eigenvalue weighted by molar-refractivity contribution is 5.81. The van der Waals surface area contributed by atoms with E-state index < -0.39 is 49.0 Å². The molecule has 3 nitrogen and oxygen atoms in total. The number of hydrogen-bond donors (Lipinski definition) is 1. The number of hydrogen-bond acceptors (Lipinski definition) is 3. The first-order valence-electron chi connectivity index (χ1n) is 5.31. The SMILES string of the molecule is C=CC(=O)OC(O)CCC(F)(F)C(F)(F)C(F)(F)C(F)(F)F. The zero-order valence-electron chi connectivity index (χ0n) is 10.4. The van der Waals surface area contributed by atoms with Crippen molar-refractivity contribution < 1.29 is 54.2 Å². The fourth-order valence-electron chi connectivity index (χ4n) is 1.11. The number of carbonyl (C=O) groups excluding carboxylic acids is 1. The van der Waals surface area contributed by atoms with Gasteiger partial charge in [-0.25, -0.2) is 4.79 Å². The largest absolute Gasteiger partial charge is 0.460 e. The summed E-state index contributed by atoms with van der Waals surface area (Å²) in [6.45, 7) is 2.84. The molecule has 0 aromatic heterocycles. The zero-order valence-corrected chi connectivity index (χ0v) is 10.4. The Hall–Kier alpha value is -1.46. The maximum Gasteiger partial charge on any atom is 0.460 e. The van der Waals surface area contributed by atoms with Gasteiger partial charge in [-0.2, -0.15) is 39.5 Å². The summed E-state index contributed by atoms with van der Waals surface area (Å²) in [5.74, 6) is -20.9. The number of aliphatic hydroxyl groups excluding tert-OH is 1. The number of esters is 1. The average molecular weight is 348 g/mol. The van der Waals surface area contributed by atoms with E-state index in [1.54, 1.807) is 0 Å². The van der Waals surface area contributed by atoms with Crippen molar-refractivity contribution in [3.05, 3.63) is 12.7 Å². The molecule has 1 N–H and O–H groups in total. The molecule has 12 heteroatoms. The van der Waals surface area contributed by atoms with Gasteiger partial charge in [0.1, 0.15) is 0 Å². The lowest BCUT2D eigenvalue weighted by Gasteiger charge is -2.33. The fraction of sp³-hybridized carbons (Fsp3) is 0.700. The Kier molecular flexibility index (Phi) is 5.92. The molecule has 0 aliphatic rings. The van der Waals surface area contributed by atoms with E-state index in [1.165, 1.54) is 0 Å². The minimum atomic E-state index is -6.99. The fourth-order valence-corrected chi connectivity index (χ4v) is 1.11. The molecule has 0 spiro atoms. The van der Waals surface area contributed by atoms with Gasteiger partial charge in [-0.3, -0.25) is 0 Å². The van der Waals surface area contributed by atoms with E-state index in [4.69, 9.17) is 5.11 Å². The summed E-state index contributed by atoms with van der Waals surface area (Å²) in [6, 6.07) is 0. The molecule has 0 heterocycles. The van der Waals surface area contributed by atoms with Gasteiger partial charge in [-0.05, 0) is 0 Å². The van der Waals surface area contributed by atoms with Crippen LogP contribution in [-0.4, -0.2) is 41.3 Å². The van der Waals surface area contributed by atoms with Crippen LogP contribution in [0.3, 0.4) is 0 Å². The summed E-state index contributed by atoms with van der Waals surface area (Å²) >= 11 is 0. The van der Waals surface area contributed by atoms with Crippen LogP contribution in [0.25, 0.3) is 0 Å². The molecule has 22 heavy (non-hydrogen) atoms. The smallest absolute Gasteiger partial charge is 0.433 e. The normalized spacial score (nSPS) is 15.4. The molecule has 1 atom stereocenters. The topological polar surface area (TPSA) is 46.5 Å². The maximum absolute atomic E-state index is 13.0. The number of aliphatic hydroxyl groups is 1. The summed E-state index contributed by atoms with van der Waals surface area (Å²) in [4.78, 5) is 10.5. The Morgan fingerprint density at radius 2 is 1.50 bits per heavy atom. The summed E-state index contributed by atoms with van der Waals surface area (Å²) in [6.07, 6.45) is -12.7. The number of carbonyl (C=O) groups is 1. The van der Waals surface area contributed by atoms with Crippen LogP contribution in [0.5, 0.6) is 0 Å². The third-order valence-electron chi connectivity index (χ3n) is 2.33. The molecule has 0 rings (SSSR count). The molecule has 0 aliphatic heterocycles. The van der Waals surface area contributed by atoms with E-state index in [0.717, 1.165) is 0 Å². The second-order valence-electron chi connectivity index (χ2n) is 3.99. The quantitative estimate of drug-likeness (QED) is 0.332. The van der Waals surface area contributed by atoms with Crippen molar-refractivity contribution in [1.29, 1.82) is 0 Å². The molecular weight excluding hydrogens is 339 g/mol. The summed E-state index contributed by atoms with van der Waals surface area (Å²) in [7, 11) is 0. The van der Waals surface area contributed by atoms with E-state index in [-0.39, 0.29) is 0 Å². The molecule has 0 saturated heterocycles. The Labute approximate surface area is 117 Å². The molecule has 0 saturated carbocycles. The van der Waals surface area contributed by atoms with Crippen molar-refractivity contribution in [3.8, 4) is 0 Å². The van der Waals surface area contributed by atoms with E-state index in [1.807, 2.05) is 0 Å². The van der Waals surface area contributed by atoms with Gasteiger partial charge in [0.25, 0.3) is 0 Å². The minimum Gasteiger partial charge on any atom is -0.433 e. The second-order valence-corrected chi connectivity index (χ2v) is 3.99. The summed E-state index contributed by atoms with van der Waals surface area (Å²) < 4.78 is 116. The predicted molar refractivity (Wildman–Crippen MR) is 52.4 cm³/mol. The monoisotopic (exact) mass is 348 g/mol. The van der Waals surface area contributed by atoms with E-state index in [0.29, 0.717) is 6.08 Å². The highest BCUT2D eigenvalue weighted by Gasteiger charge is 2.81. The molecule has 0 aromatic carbocycles. The lowest BCUT2D eigenvalue weighted by Crippen LogP contribution is -2.60. The van der Waals surface area contributed by atoms with Crippen molar-refractivity contribution >= 4 is 5.97 Å². The first-order chi connectivity index (χ1) is 9.60. The molecule has 130 valence electrons. The average Bonchev–Trinajstić information content (AvgIpc) is 2.34. The number of ether oxygens (including phenoxy) is 1. The van der Waals surface area contributed by atoms with Crippen LogP contribution >= 0.6 is 0 Å². The third-order valence-corrected chi connectivity index (χ3v) is 2.33. The van der Waals surface area contributed by atoms with Gasteiger partial charge in [0.15, 0.2) is 0 Å². The van der Waals surface area contributed by atoms with Crippen LogP contribution in [0.4, 0.5) is 39.5 Å². The standard InChI is InChI=1S/C10H9F9O3/c1-2-5(20)22-6(21)3-4-7(11,12)8(13,14)9(15,16)10(17,18)19/h2,6,21H,1,3-4H2. The molecule has 0 aliphatic carbocycles. The van der Waals surface area contributed by atoms with Crippen LogP contribution in [-0.2, 0) is 9.53 Å². The highest BCUT2D eigenvalue weighted by atomic mass is 19.4. The molecule has 0 radical (unpaired) electrons. The van der Waals surface area contributed by atoms with E-state index in [2.05, 4.69) is 11.3 Å². The molecule has 0 fully saturated rings. The van der Waals surface area contributed by atoms with Gasteiger partial charge in [0.05, 0.1) is 0 Å². The van der Waals surface area contributed by atoms with Crippen molar-refractivity contribution in [1.82, 2.24) is 0 Å². The third kappa shape index (κ3) is 4.05. The van der Waals surface area contributed by atoms with Gasteiger partial charge < -0.3 is 9.84 Å². The highest BCUT2D eigenvalue weighted by Crippen LogP contribution is 2.54. The van der Waals surface area contributed by atoms with Crippen LogP contribution in [0, 0.1) is 0 Å². The van der Waals surface area contributed by atoms with Crippen LogP contribution in [0.2, 0.25) is 0 Å². The summed E-state index contributed by atoms with van der Waals surface area (Å²) in [5.41, 5.74) is 0. The Bertz CT molecular complexity index is 416. The van der Waals surface area contributed by atoms with Crippen LogP contribution in [0.1, 0.15) is 12.8 Å². The van der Waals surface area contributed by atoms with Gasteiger partial charge in [-0.1, -0.05) is 6.58 Å². The maximum atomic E-state index is 13.0. The van der Waals surface area contributed by atoms with Gasteiger partial charge in [0.2, 0.25) is 6.29 Å². The number of alkyl halides is 9. The number of rotatable bonds is 7. The molecule has 0 amide bonds. The van der Waals surface area contributed by atoms with Crippen molar-refractivity contribution in [2.75, 3.05) is 0 Å². The second kappa shape index (κ2) is 6.34. The van der Waals surface area contributed by atoms with Crippen LogP contribution < -0.4 is 0 Å². The molecule has 0 bridgehead atoms. The van der Waals surface area contributed by atoms with E-state index in [9.17, 15) is 44.3 Å². The predicted octanol–water partition coefficient (Wildman–Crippen LogP) is 3.28. The Balaban J connectivity index is 5.06. The van der Waals surface area contributed by atoms with E-state index >= 15 is 0 Å². The number of halogens is 9. The lowest BCUT2D eigenvalue weighted by atomic mass is 9.99. The van der Waals surface area contributed by atoms with Gasteiger partial charge in [-0.15, -0.1) is 0 Å². The zero-order chi connectivity index (χ0) is 18.0. The van der Waals surface area contributed by atoms with Gasteiger partial charge in [0, 0.05) is 18.9 Å². The first kappa shape index (κ1) is 20.5. The summed E-state index contributed by atoms with van der Waals surface area (Å²) in [5, 5.41) is 8.86. The van der Waals surface area contributed by atoms with Crippen molar-refractivity contribution in [3.63, 3.8) is 0 Å². The first-order valence-corrected chi connectivity index (χ1v) is 5.31. The minimum absolute atomic E-state index is 0.466. The van der Waals surface area contributed by atoms with Crippen molar-refractivity contribution in [2.24, 2.45) is 0 Å². The van der Waals surface area contributed by atoms with Gasteiger partial charge >= 0.3 is 29.9 Å². The van der Waals surface area contributed by atoms with Crippen molar-refractivity contribution in [2.45, 2.75) is 43.1 Å². The molecule has 1 unspecified atom stereocenters. The molecule has 0 aromatic rings.